The summed E-state index contributed by atoms with van der Waals surface area (Å²) in [5.74, 6) is -0.149. The molecule has 142 valence electrons. The van der Waals surface area contributed by atoms with E-state index in [1.165, 1.54) is 4.90 Å². The number of hydrazone groups is 1. The van der Waals surface area contributed by atoms with Crippen LogP contribution in [0.4, 0.5) is 0 Å². The molecule has 0 atom stereocenters. The SMILES string of the molecule is COc1ccc(CCNC(=O)C(=O)NN=C2CC[NH+](C)CC2)cc1OC. The van der Waals surface area contributed by atoms with Gasteiger partial charge in [0.05, 0.1) is 34.4 Å². The van der Waals surface area contributed by atoms with E-state index in [2.05, 4.69) is 22.9 Å². The Morgan fingerprint density at radius 1 is 1.12 bits per heavy atom. The molecule has 1 heterocycles. The third kappa shape index (κ3) is 5.73. The summed E-state index contributed by atoms with van der Waals surface area (Å²) in [6.45, 7) is 2.32. The third-order valence-corrected chi connectivity index (χ3v) is 4.35. The third-order valence-electron chi connectivity index (χ3n) is 4.35. The largest absolute Gasteiger partial charge is 0.493 e. The van der Waals surface area contributed by atoms with Crippen LogP contribution >= 0.6 is 0 Å². The molecule has 8 heteroatoms. The van der Waals surface area contributed by atoms with Crippen LogP contribution in [0.5, 0.6) is 11.5 Å². The first-order valence-electron chi connectivity index (χ1n) is 8.69. The summed E-state index contributed by atoms with van der Waals surface area (Å²) in [6.07, 6.45) is 2.25. The van der Waals surface area contributed by atoms with Crippen LogP contribution < -0.4 is 25.1 Å². The van der Waals surface area contributed by atoms with Crippen LogP contribution in [-0.2, 0) is 16.0 Å². The normalized spacial score (nSPS) is 16.6. The maximum atomic E-state index is 11.8. The van der Waals surface area contributed by atoms with Gasteiger partial charge in [-0.05, 0) is 24.1 Å². The Labute approximate surface area is 153 Å². The number of piperidine rings is 1. The Kier molecular flexibility index (Phi) is 7.40. The highest BCUT2D eigenvalue weighted by molar-refractivity contribution is 6.35. The van der Waals surface area contributed by atoms with Gasteiger partial charge in [-0.25, -0.2) is 5.43 Å². The van der Waals surface area contributed by atoms with Crippen molar-refractivity contribution in [3.8, 4) is 11.5 Å². The molecular formula is C18H27N4O4+. The molecule has 0 aromatic heterocycles. The van der Waals surface area contributed by atoms with Crippen molar-refractivity contribution in [1.29, 1.82) is 0 Å². The summed E-state index contributed by atoms with van der Waals surface area (Å²) in [5.41, 5.74) is 4.24. The molecule has 0 aliphatic carbocycles. The van der Waals surface area contributed by atoms with Crippen molar-refractivity contribution in [2.75, 3.05) is 40.9 Å². The minimum atomic E-state index is -0.740. The van der Waals surface area contributed by atoms with E-state index in [4.69, 9.17) is 9.47 Å². The zero-order valence-electron chi connectivity index (χ0n) is 15.6. The van der Waals surface area contributed by atoms with Crippen LogP contribution in [0.15, 0.2) is 23.3 Å². The van der Waals surface area contributed by atoms with E-state index < -0.39 is 11.8 Å². The summed E-state index contributed by atoms with van der Waals surface area (Å²) in [4.78, 5) is 25.1. The summed E-state index contributed by atoms with van der Waals surface area (Å²) < 4.78 is 10.4. The fourth-order valence-corrected chi connectivity index (χ4v) is 2.69. The lowest BCUT2D eigenvalue weighted by Gasteiger charge is -2.20. The molecule has 0 saturated carbocycles. The maximum Gasteiger partial charge on any atom is 0.329 e. The van der Waals surface area contributed by atoms with Crippen LogP contribution in [0.25, 0.3) is 0 Å². The second kappa shape index (κ2) is 9.76. The van der Waals surface area contributed by atoms with E-state index in [-0.39, 0.29) is 0 Å². The van der Waals surface area contributed by atoms with Gasteiger partial charge in [0.15, 0.2) is 11.5 Å². The number of hydrogen-bond acceptors (Lipinski definition) is 5. The summed E-state index contributed by atoms with van der Waals surface area (Å²) in [7, 11) is 5.27. The molecule has 0 bridgehead atoms. The average Bonchev–Trinajstić information content (AvgIpc) is 2.67. The Morgan fingerprint density at radius 2 is 1.81 bits per heavy atom. The van der Waals surface area contributed by atoms with E-state index in [9.17, 15) is 9.59 Å². The fraction of sp³-hybridized carbons (Fsp3) is 0.500. The van der Waals surface area contributed by atoms with Crippen LogP contribution in [0.3, 0.4) is 0 Å². The van der Waals surface area contributed by atoms with Crippen LogP contribution in [0, 0.1) is 0 Å². The molecule has 1 aliphatic rings. The molecule has 3 N–H and O–H groups in total. The number of likely N-dealkylation sites (tertiary alicyclic amines) is 1. The van der Waals surface area contributed by atoms with Crippen molar-refractivity contribution in [2.45, 2.75) is 19.3 Å². The number of ether oxygens (including phenoxy) is 2. The van der Waals surface area contributed by atoms with Crippen molar-refractivity contribution >= 4 is 17.5 Å². The Hall–Kier alpha value is -2.61. The first-order valence-corrected chi connectivity index (χ1v) is 8.69. The second-order valence-corrected chi connectivity index (χ2v) is 6.27. The first-order chi connectivity index (χ1) is 12.5. The lowest BCUT2D eigenvalue weighted by Crippen LogP contribution is -3.10. The van der Waals surface area contributed by atoms with Crippen LogP contribution in [0.2, 0.25) is 0 Å². The predicted octanol–water partition coefficient (Wildman–Crippen LogP) is -0.857. The highest BCUT2D eigenvalue weighted by atomic mass is 16.5. The quantitative estimate of drug-likeness (QED) is 0.453. The predicted molar refractivity (Wildman–Crippen MR) is 97.7 cm³/mol. The van der Waals surface area contributed by atoms with Crippen molar-refractivity contribution in [1.82, 2.24) is 10.7 Å². The molecule has 0 radical (unpaired) electrons. The number of rotatable bonds is 6. The number of methoxy groups -OCH3 is 2. The number of benzene rings is 1. The molecule has 1 aromatic carbocycles. The van der Waals surface area contributed by atoms with Crippen molar-refractivity contribution in [2.24, 2.45) is 5.10 Å². The molecule has 26 heavy (non-hydrogen) atoms. The molecule has 2 rings (SSSR count). The molecule has 1 aromatic rings. The minimum Gasteiger partial charge on any atom is -0.493 e. The molecule has 8 nitrogen and oxygen atoms in total. The van der Waals surface area contributed by atoms with Gasteiger partial charge < -0.3 is 19.7 Å². The van der Waals surface area contributed by atoms with Crippen molar-refractivity contribution in [3.05, 3.63) is 23.8 Å². The van der Waals surface area contributed by atoms with Gasteiger partial charge in [-0.3, -0.25) is 9.59 Å². The molecule has 0 spiro atoms. The van der Waals surface area contributed by atoms with Gasteiger partial charge in [0.1, 0.15) is 0 Å². The molecule has 0 unspecified atom stereocenters. The number of amides is 2. The van der Waals surface area contributed by atoms with Crippen LogP contribution in [-0.4, -0.2) is 58.4 Å². The number of quaternary nitrogens is 1. The standard InChI is InChI=1S/C18H26N4O4/c1-22-10-7-14(8-11-22)20-21-18(24)17(23)19-9-6-13-4-5-15(25-2)16(12-13)26-3/h4-5,12H,6-11H2,1-3H3,(H,19,23)(H,21,24)/p+1. The Bertz CT molecular complexity index is 665. The van der Waals surface area contributed by atoms with Gasteiger partial charge in [0.25, 0.3) is 0 Å². The first kappa shape index (κ1) is 19.7. The molecule has 1 aliphatic heterocycles. The topological polar surface area (TPSA) is 93.5 Å². The maximum absolute atomic E-state index is 11.8. The number of nitrogens with one attached hydrogen (secondary N) is 3. The van der Waals surface area contributed by atoms with Crippen LogP contribution in [0.1, 0.15) is 18.4 Å². The van der Waals surface area contributed by atoms with Crippen molar-refractivity contribution < 1.29 is 24.0 Å². The van der Waals surface area contributed by atoms with Gasteiger partial charge >= 0.3 is 11.8 Å². The summed E-state index contributed by atoms with van der Waals surface area (Å²) >= 11 is 0. The fourth-order valence-electron chi connectivity index (χ4n) is 2.69. The van der Waals surface area contributed by atoms with Crippen molar-refractivity contribution in [3.63, 3.8) is 0 Å². The minimum absolute atomic E-state index is 0.340. The molecular weight excluding hydrogens is 336 g/mol. The Balaban J connectivity index is 1.76. The lowest BCUT2D eigenvalue weighted by molar-refractivity contribution is -0.880. The van der Waals surface area contributed by atoms with Gasteiger partial charge in [-0.1, -0.05) is 6.07 Å². The Morgan fingerprint density at radius 3 is 2.46 bits per heavy atom. The zero-order valence-corrected chi connectivity index (χ0v) is 15.6. The monoisotopic (exact) mass is 363 g/mol. The van der Waals surface area contributed by atoms with E-state index in [1.807, 2.05) is 18.2 Å². The zero-order chi connectivity index (χ0) is 18.9. The smallest absolute Gasteiger partial charge is 0.329 e. The lowest BCUT2D eigenvalue weighted by atomic mass is 10.1. The van der Waals surface area contributed by atoms with Gasteiger partial charge in [0, 0.05) is 25.1 Å². The summed E-state index contributed by atoms with van der Waals surface area (Å²) in [6, 6.07) is 5.54. The highest BCUT2D eigenvalue weighted by Crippen LogP contribution is 2.27. The van der Waals surface area contributed by atoms with Gasteiger partial charge in [0.2, 0.25) is 0 Å². The van der Waals surface area contributed by atoms with E-state index >= 15 is 0 Å². The molecule has 1 saturated heterocycles. The van der Waals surface area contributed by atoms with E-state index in [1.54, 1.807) is 14.2 Å². The number of hydrogen-bond donors (Lipinski definition) is 3. The second-order valence-electron chi connectivity index (χ2n) is 6.27. The number of nitrogens with zero attached hydrogens (tertiary/aromatic N) is 1. The van der Waals surface area contributed by atoms with Gasteiger partial charge in [-0.15, -0.1) is 0 Å². The van der Waals surface area contributed by atoms with E-state index in [0.717, 1.165) is 37.2 Å². The summed E-state index contributed by atoms with van der Waals surface area (Å²) in [5, 5.41) is 6.65. The highest BCUT2D eigenvalue weighted by Gasteiger charge is 2.16. The van der Waals surface area contributed by atoms with E-state index in [0.29, 0.717) is 24.5 Å². The molecule has 2 amide bonds. The number of carbonyl (C=O) groups excluding carboxylic acids is 2. The number of carbonyl (C=O) groups is 2. The average molecular weight is 363 g/mol. The molecule has 1 fully saturated rings. The van der Waals surface area contributed by atoms with Gasteiger partial charge in [-0.2, -0.15) is 5.10 Å².